The minimum atomic E-state index is -3.56. The van der Waals surface area contributed by atoms with Crippen LogP contribution >= 0.6 is 0 Å². The topological polar surface area (TPSA) is 66.8 Å². The summed E-state index contributed by atoms with van der Waals surface area (Å²) in [6.07, 6.45) is 0.283. The van der Waals surface area contributed by atoms with Crippen LogP contribution in [-0.4, -0.2) is 44.6 Å². The Kier molecular flexibility index (Phi) is 6.64. The van der Waals surface area contributed by atoms with Crippen molar-refractivity contribution in [1.82, 2.24) is 4.31 Å². The van der Waals surface area contributed by atoms with Crippen molar-refractivity contribution >= 4 is 10.0 Å². The summed E-state index contributed by atoms with van der Waals surface area (Å²) in [7, 11) is -2.03. The Labute approximate surface area is 127 Å². The summed E-state index contributed by atoms with van der Waals surface area (Å²) in [5.74, 6) is 0.837. The predicted octanol–water partition coefficient (Wildman–Crippen LogP) is 1.90. The highest BCUT2D eigenvalue weighted by Gasteiger charge is 2.26. The third-order valence-electron chi connectivity index (χ3n) is 3.19. The van der Waals surface area contributed by atoms with Crippen molar-refractivity contribution in [2.24, 2.45) is 5.92 Å². The molecule has 1 aromatic rings. The van der Waals surface area contributed by atoms with Gasteiger partial charge in [-0.1, -0.05) is 20.8 Å². The lowest BCUT2D eigenvalue weighted by Gasteiger charge is -2.24. The molecule has 0 amide bonds. The van der Waals surface area contributed by atoms with Gasteiger partial charge in [-0.2, -0.15) is 4.31 Å². The van der Waals surface area contributed by atoms with Crippen molar-refractivity contribution < 1.29 is 18.3 Å². The van der Waals surface area contributed by atoms with Gasteiger partial charge in [0.15, 0.2) is 0 Å². The first-order valence-corrected chi connectivity index (χ1v) is 8.58. The van der Waals surface area contributed by atoms with Crippen LogP contribution in [0.25, 0.3) is 0 Å². The fourth-order valence-electron chi connectivity index (χ4n) is 2.19. The number of ether oxygens (including phenoxy) is 1. The number of methoxy groups -OCH3 is 1. The van der Waals surface area contributed by atoms with Gasteiger partial charge in [-0.15, -0.1) is 0 Å². The van der Waals surface area contributed by atoms with Gasteiger partial charge in [-0.3, -0.25) is 0 Å². The Balaban J connectivity index is 3.28. The van der Waals surface area contributed by atoms with E-state index in [9.17, 15) is 8.42 Å². The van der Waals surface area contributed by atoms with Gasteiger partial charge in [0, 0.05) is 19.7 Å². The summed E-state index contributed by atoms with van der Waals surface area (Å²) in [6, 6.07) is 4.87. The van der Waals surface area contributed by atoms with Gasteiger partial charge in [0.05, 0.1) is 12.0 Å². The molecule has 0 atom stereocenters. The Morgan fingerprint density at radius 3 is 2.48 bits per heavy atom. The van der Waals surface area contributed by atoms with Crippen LogP contribution in [0.3, 0.4) is 0 Å². The summed E-state index contributed by atoms with van der Waals surface area (Å²) in [5, 5.41) is 9.17. The van der Waals surface area contributed by atoms with Crippen molar-refractivity contribution in [3.8, 4) is 5.75 Å². The fraction of sp³-hybridized carbons (Fsp3) is 0.600. The summed E-state index contributed by atoms with van der Waals surface area (Å²) in [4.78, 5) is 0.250. The molecule has 0 fully saturated rings. The minimum absolute atomic E-state index is 0.105. The number of hydrogen-bond acceptors (Lipinski definition) is 4. The molecule has 21 heavy (non-hydrogen) atoms. The molecule has 0 aliphatic heterocycles. The van der Waals surface area contributed by atoms with Crippen LogP contribution in [0.1, 0.15) is 26.3 Å². The molecule has 0 bridgehead atoms. The first-order chi connectivity index (χ1) is 9.86. The van der Waals surface area contributed by atoms with Crippen LogP contribution in [0.2, 0.25) is 0 Å². The van der Waals surface area contributed by atoms with E-state index in [0.717, 1.165) is 0 Å². The van der Waals surface area contributed by atoms with E-state index in [1.54, 1.807) is 18.2 Å². The van der Waals surface area contributed by atoms with E-state index in [0.29, 0.717) is 24.4 Å². The number of aliphatic hydroxyl groups excluding tert-OH is 1. The van der Waals surface area contributed by atoms with Crippen LogP contribution in [0, 0.1) is 5.92 Å². The average Bonchev–Trinajstić information content (AvgIpc) is 2.44. The van der Waals surface area contributed by atoms with E-state index < -0.39 is 10.0 Å². The Morgan fingerprint density at radius 2 is 2.00 bits per heavy atom. The number of hydrogen-bond donors (Lipinski definition) is 1. The molecule has 5 nitrogen and oxygen atoms in total. The monoisotopic (exact) mass is 315 g/mol. The van der Waals surface area contributed by atoms with Gasteiger partial charge in [0.2, 0.25) is 10.0 Å². The molecule has 0 saturated heterocycles. The second kappa shape index (κ2) is 7.77. The molecular weight excluding hydrogens is 290 g/mol. The maximum Gasteiger partial charge on any atom is 0.243 e. The second-order valence-corrected chi connectivity index (χ2v) is 7.20. The normalized spacial score (nSPS) is 12.1. The van der Waals surface area contributed by atoms with Crippen molar-refractivity contribution in [2.75, 3.05) is 26.8 Å². The lowest BCUT2D eigenvalue weighted by Crippen LogP contribution is -2.34. The van der Waals surface area contributed by atoms with E-state index in [4.69, 9.17) is 9.84 Å². The molecule has 0 aromatic heterocycles. The SMILES string of the molecule is CCN(CC(C)C)S(=O)(=O)c1ccc(OC)cc1CCO. The van der Waals surface area contributed by atoms with E-state index in [1.807, 2.05) is 20.8 Å². The molecular formula is C15H25NO4S. The van der Waals surface area contributed by atoms with Gasteiger partial charge >= 0.3 is 0 Å². The standard InChI is InChI=1S/C15H25NO4S/c1-5-16(11-12(2)3)21(18,19)15-7-6-14(20-4)10-13(15)8-9-17/h6-7,10,12,17H,5,8-9,11H2,1-4H3. The van der Waals surface area contributed by atoms with Gasteiger partial charge in [-0.25, -0.2) is 8.42 Å². The zero-order chi connectivity index (χ0) is 16.0. The van der Waals surface area contributed by atoms with Crippen LogP contribution in [-0.2, 0) is 16.4 Å². The predicted molar refractivity (Wildman–Crippen MR) is 83.1 cm³/mol. The average molecular weight is 315 g/mol. The molecule has 0 aliphatic carbocycles. The molecule has 0 saturated carbocycles. The molecule has 1 rings (SSSR count). The van der Waals surface area contributed by atoms with Crippen LogP contribution < -0.4 is 4.74 Å². The molecule has 0 radical (unpaired) electrons. The van der Waals surface area contributed by atoms with Gasteiger partial charge in [-0.05, 0) is 36.1 Å². The van der Waals surface area contributed by atoms with Crippen molar-refractivity contribution in [3.63, 3.8) is 0 Å². The maximum absolute atomic E-state index is 12.8. The Bertz CT molecular complexity index is 555. The molecule has 0 heterocycles. The van der Waals surface area contributed by atoms with Gasteiger partial charge in [0.1, 0.15) is 5.75 Å². The van der Waals surface area contributed by atoms with Crippen LogP contribution in [0.15, 0.2) is 23.1 Å². The molecule has 1 aromatic carbocycles. The van der Waals surface area contributed by atoms with Crippen molar-refractivity contribution in [2.45, 2.75) is 32.1 Å². The number of rotatable bonds is 8. The highest BCUT2D eigenvalue weighted by atomic mass is 32.2. The smallest absolute Gasteiger partial charge is 0.243 e. The minimum Gasteiger partial charge on any atom is -0.497 e. The van der Waals surface area contributed by atoms with E-state index in [1.165, 1.54) is 11.4 Å². The largest absolute Gasteiger partial charge is 0.497 e. The third-order valence-corrected chi connectivity index (χ3v) is 5.23. The van der Waals surface area contributed by atoms with E-state index >= 15 is 0 Å². The molecule has 0 unspecified atom stereocenters. The summed E-state index contributed by atoms with van der Waals surface area (Å²) in [5.41, 5.74) is 0.582. The highest BCUT2D eigenvalue weighted by molar-refractivity contribution is 7.89. The fourth-order valence-corrected chi connectivity index (χ4v) is 4.04. The zero-order valence-corrected chi connectivity index (χ0v) is 14.0. The molecule has 1 N–H and O–H groups in total. The molecule has 6 heteroatoms. The van der Waals surface area contributed by atoms with Gasteiger partial charge in [0.25, 0.3) is 0 Å². The third kappa shape index (κ3) is 4.43. The van der Waals surface area contributed by atoms with E-state index in [-0.39, 0.29) is 23.8 Å². The quantitative estimate of drug-likeness (QED) is 0.795. The van der Waals surface area contributed by atoms with Crippen molar-refractivity contribution in [3.05, 3.63) is 23.8 Å². The first kappa shape index (κ1) is 17.9. The Hall–Kier alpha value is -1.11. The molecule has 120 valence electrons. The summed E-state index contributed by atoms with van der Waals surface area (Å²) < 4.78 is 32.2. The number of aliphatic hydroxyl groups is 1. The van der Waals surface area contributed by atoms with Crippen LogP contribution in [0.5, 0.6) is 5.75 Å². The Morgan fingerprint density at radius 1 is 1.33 bits per heavy atom. The van der Waals surface area contributed by atoms with Gasteiger partial charge < -0.3 is 9.84 Å². The number of nitrogens with zero attached hydrogens (tertiary/aromatic N) is 1. The number of benzene rings is 1. The lowest BCUT2D eigenvalue weighted by atomic mass is 10.1. The molecule has 0 aliphatic rings. The summed E-state index contributed by atoms with van der Waals surface area (Å²) >= 11 is 0. The van der Waals surface area contributed by atoms with Crippen molar-refractivity contribution in [1.29, 1.82) is 0 Å². The zero-order valence-electron chi connectivity index (χ0n) is 13.2. The maximum atomic E-state index is 12.8. The molecule has 0 spiro atoms. The lowest BCUT2D eigenvalue weighted by molar-refractivity contribution is 0.298. The second-order valence-electron chi connectivity index (χ2n) is 5.30. The van der Waals surface area contributed by atoms with Crippen LogP contribution in [0.4, 0.5) is 0 Å². The van der Waals surface area contributed by atoms with E-state index in [2.05, 4.69) is 0 Å². The highest BCUT2D eigenvalue weighted by Crippen LogP contribution is 2.25. The first-order valence-electron chi connectivity index (χ1n) is 7.14. The summed E-state index contributed by atoms with van der Waals surface area (Å²) in [6.45, 7) is 6.59. The number of sulfonamides is 1.